The molecule has 5 rings (SSSR count). The molecule has 0 saturated carbocycles. The molecule has 2 N–H and O–H groups in total. The molecule has 9 nitrogen and oxygen atoms in total. The Balaban J connectivity index is 1.40. The van der Waals surface area contributed by atoms with E-state index < -0.39 is 10.0 Å². The SMILES string of the molecule is Cc1cc(NS(=O)(=O)c2ccc(NC(=O)c3cc(-c4ccc(C)o4)nc4ccccc34)cc2)nc(C)n1. The van der Waals surface area contributed by atoms with Gasteiger partial charge in [-0.15, -0.1) is 0 Å². The molecule has 3 aromatic heterocycles. The van der Waals surface area contributed by atoms with E-state index in [9.17, 15) is 13.2 Å². The molecule has 0 spiro atoms. The number of carbonyl (C=O) groups is 1. The Morgan fingerprint density at radius 3 is 2.32 bits per heavy atom. The summed E-state index contributed by atoms with van der Waals surface area (Å²) in [4.78, 5) is 26.2. The highest BCUT2D eigenvalue weighted by atomic mass is 32.2. The molecule has 0 bridgehead atoms. The Kier molecular flexibility index (Phi) is 6.18. The van der Waals surface area contributed by atoms with Crippen molar-refractivity contribution in [1.29, 1.82) is 0 Å². The average molecular weight is 514 g/mol. The molecule has 5 aromatic rings. The normalized spacial score (nSPS) is 11.4. The molecule has 0 fully saturated rings. The highest BCUT2D eigenvalue weighted by molar-refractivity contribution is 7.92. The summed E-state index contributed by atoms with van der Waals surface area (Å²) in [6.45, 7) is 5.29. The highest BCUT2D eigenvalue weighted by Crippen LogP contribution is 2.27. The number of hydrogen-bond acceptors (Lipinski definition) is 7. The van der Waals surface area contributed by atoms with Crippen LogP contribution < -0.4 is 10.0 Å². The molecule has 0 aliphatic rings. The molecule has 10 heteroatoms. The van der Waals surface area contributed by atoms with Gasteiger partial charge in [0.1, 0.15) is 23.1 Å². The zero-order valence-corrected chi connectivity index (χ0v) is 21.1. The van der Waals surface area contributed by atoms with Gasteiger partial charge in [0.05, 0.1) is 16.0 Å². The van der Waals surface area contributed by atoms with E-state index in [0.717, 1.165) is 5.76 Å². The van der Waals surface area contributed by atoms with Gasteiger partial charge in [-0.3, -0.25) is 9.52 Å². The van der Waals surface area contributed by atoms with Crippen molar-refractivity contribution in [3.8, 4) is 11.5 Å². The molecule has 37 heavy (non-hydrogen) atoms. The van der Waals surface area contributed by atoms with E-state index in [4.69, 9.17) is 4.42 Å². The summed E-state index contributed by atoms with van der Waals surface area (Å²) < 4.78 is 33.8. The second-order valence-corrected chi connectivity index (χ2v) is 10.2. The van der Waals surface area contributed by atoms with E-state index in [2.05, 4.69) is 25.0 Å². The molecule has 0 aliphatic heterocycles. The smallest absolute Gasteiger partial charge is 0.263 e. The van der Waals surface area contributed by atoms with Gasteiger partial charge >= 0.3 is 0 Å². The van der Waals surface area contributed by atoms with Gasteiger partial charge in [0.2, 0.25) is 0 Å². The number of hydrogen-bond donors (Lipinski definition) is 2. The molecule has 0 radical (unpaired) electrons. The fourth-order valence-corrected chi connectivity index (χ4v) is 4.94. The summed E-state index contributed by atoms with van der Waals surface area (Å²) in [6, 6.07) is 20.1. The summed E-state index contributed by atoms with van der Waals surface area (Å²) in [5.41, 5.74) is 2.70. The lowest BCUT2D eigenvalue weighted by Crippen LogP contribution is -2.15. The number of pyridine rings is 1. The molecule has 0 atom stereocenters. The van der Waals surface area contributed by atoms with Crippen molar-refractivity contribution >= 4 is 38.3 Å². The Morgan fingerprint density at radius 1 is 0.865 bits per heavy atom. The maximum Gasteiger partial charge on any atom is 0.263 e. The van der Waals surface area contributed by atoms with Gasteiger partial charge < -0.3 is 9.73 Å². The molecule has 0 unspecified atom stereocenters. The summed E-state index contributed by atoms with van der Waals surface area (Å²) in [5.74, 6) is 1.60. The van der Waals surface area contributed by atoms with Crippen LogP contribution in [0.4, 0.5) is 11.5 Å². The van der Waals surface area contributed by atoms with Crippen LogP contribution in [0, 0.1) is 20.8 Å². The standard InChI is InChI=1S/C27H23N5O4S/c1-16-14-26(29-18(3)28-16)32-37(34,35)20-11-9-19(10-12-20)30-27(33)22-15-24(25-13-8-17(2)36-25)31-23-7-5-4-6-21(22)23/h4-15H,1-3H3,(H,30,33)(H,28,29,32). The summed E-state index contributed by atoms with van der Waals surface area (Å²) in [5, 5.41) is 3.53. The van der Waals surface area contributed by atoms with Crippen LogP contribution in [0.25, 0.3) is 22.4 Å². The number of furan rings is 1. The number of sulfonamides is 1. The molecular weight excluding hydrogens is 490 g/mol. The minimum absolute atomic E-state index is 0.0317. The monoisotopic (exact) mass is 513 g/mol. The van der Waals surface area contributed by atoms with Gasteiger partial charge in [0, 0.05) is 22.8 Å². The van der Waals surface area contributed by atoms with Crippen molar-refractivity contribution in [2.45, 2.75) is 25.7 Å². The molecule has 1 amide bonds. The predicted molar refractivity (Wildman–Crippen MR) is 141 cm³/mol. The van der Waals surface area contributed by atoms with Crippen LogP contribution in [0.15, 0.2) is 82.1 Å². The molecule has 2 aromatic carbocycles. The van der Waals surface area contributed by atoms with Crippen molar-refractivity contribution in [2.75, 3.05) is 10.0 Å². The first-order valence-electron chi connectivity index (χ1n) is 11.4. The number of benzene rings is 2. The molecule has 186 valence electrons. The zero-order chi connectivity index (χ0) is 26.2. The first kappa shape index (κ1) is 24.1. The number of anilines is 2. The largest absolute Gasteiger partial charge is 0.460 e. The first-order chi connectivity index (χ1) is 17.7. The van der Waals surface area contributed by atoms with Gasteiger partial charge in [0.25, 0.3) is 15.9 Å². The van der Waals surface area contributed by atoms with E-state index in [-0.39, 0.29) is 16.6 Å². The Morgan fingerprint density at radius 2 is 1.62 bits per heavy atom. The van der Waals surface area contributed by atoms with E-state index >= 15 is 0 Å². The zero-order valence-electron chi connectivity index (χ0n) is 20.3. The van der Waals surface area contributed by atoms with Crippen LogP contribution in [-0.4, -0.2) is 29.3 Å². The predicted octanol–water partition coefficient (Wildman–Crippen LogP) is 5.26. The lowest BCUT2D eigenvalue weighted by Gasteiger charge is -2.11. The topological polar surface area (TPSA) is 127 Å². The first-order valence-corrected chi connectivity index (χ1v) is 12.9. The average Bonchev–Trinajstić information content (AvgIpc) is 3.29. The van der Waals surface area contributed by atoms with E-state index in [1.165, 1.54) is 24.3 Å². The van der Waals surface area contributed by atoms with Crippen LogP contribution in [0.1, 0.15) is 27.6 Å². The second-order valence-electron chi connectivity index (χ2n) is 8.51. The third kappa shape index (κ3) is 5.19. The molecular formula is C27H23N5O4S. The van der Waals surface area contributed by atoms with Crippen molar-refractivity contribution < 1.29 is 17.6 Å². The third-order valence-electron chi connectivity index (χ3n) is 5.58. The van der Waals surface area contributed by atoms with Crippen molar-refractivity contribution in [3.05, 3.63) is 95.6 Å². The second kappa shape index (κ2) is 9.47. The van der Waals surface area contributed by atoms with Crippen LogP contribution in [0.3, 0.4) is 0 Å². The van der Waals surface area contributed by atoms with Gasteiger partial charge in [-0.1, -0.05) is 18.2 Å². The third-order valence-corrected chi connectivity index (χ3v) is 6.95. The number of aryl methyl sites for hydroxylation is 3. The number of nitrogens with zero attached hydrogens (tertiary/aromatic N) is 3. The summed E-state index contributed by atoms with van der Waals surface area (Å²) in [6.07, 6.45) is 0. The van der Waals surface area contributed by atoms with Crippen molar-refractivity contribution in [1.82, 2.24) is 15.0 Å². The highest BCUT2D eigenvalue weighted by Gasteiger charge is 2.18. The molecule has 3 heterocycles. The minimum Gasteiger partial charge on any atom is -0.460 e. The number of amides is 1. The lowest BCUT2D eigenvalue weighted by molar-refractivity contribution is 0.102. The van der Waals surface area contributed by atoms with Gasteiger partial charge in [-0.2, -0.15) is 0 Å². The Bertz CT molecular complexity index is 1720. The number of carbonyl (C=O) groups excluding carboxylic acids is 1. The van der Waals surface area contributed by atoms with Gasteiger partial charge in [0.15, 0.2) is 5.76 Å². The van der Waals surface area contributed by atoms with Crippen LogP contribution in [-0.2, 0) is 10.0 Å². The number of para-hydroxylation sites is 1. The number of rotatable bonds is 6. The maximum atomic E-state index is 13.3. The summed E-state index contributed by atoms with van der Waals surface area (Å²) in [7, 11) is -3.88. The van der Waals surface area contributed by atoms with E-state index in [1.54, 1.807) is 26.0 Å². The quantitative estimate of drug-likeness (QED) is 0.317. The van der Waals surface area contributed by atoms with Gasteiger partial charge in [-0.25, -0.2) is 23.4 Å². The van der Waals surface area contributed by atoms with Crippen LogP contribution in [0.5, 0.6) is 0 Å². The van der Waals surface area contributed by atoms with Crippen LogP contribution in [0.2, 0.25) is 0 Å². The van der Waals surface area contributed by atoms with Gasteiger partial charge in [-0.05, 0) is 69.3 Å². The van der Waals surface area contributed by atoms with Crippen molar-refractivity contribution in [3.63, 3.8) is 0 Å². The van der Waals surface area contributed by atoms with E-state index in [1.807, 2.05) is 43.3 Å². The lowest BCUT2D eigenvalue weighted by atomic mass is 10.1. The Labute approximate surface area is 213 Å². The maximum absolute atomic E-state index is 13.3. The van der Waals surface area contributed by atoms with Crippen molar-refractivity contribution in [2.24, 2.45) is 0 Å². The number of aromatic nitrogens is 3. The Hall–Kier alpha value is -4.57. The molecule has 0 aliphatic carbocycles. The minimum atomic E-state index is -3.88. The van der Waals surface area contributed by atoms with Crippen LogP contribution >= 0.6 is 0 Å². The number of nitrogens with one attached hydrogen (secondary N) is 2. The van der Waals surface area contributed by atoms with E-state index in [0.29, 0.717) is 45.1 Å². The summed E-state index contributed by atoms with van der Waals surface area (Å²) >= 11 is 0. The fraction of sp³-hybridized carbons (Fsp3) is 0.111. The number of fused-ring (bicyclic) bond motifs is 1. The fourth-order valence-electron chi connectivity index (χ4n) is 3.94. The molecule has 0 saturated heterocycles.